The Balaban J connectivity index is 2.02. The molecular weight excluding hydrogens is 261 g/mol. The Morgan fingerprint density at radius 3 is 2.80 bits per heavy atom. The summed E-state index contributed by atoms with van der Waals surface area (Å²) in [6, 6.07) is 2.74. The summed E-state index contributed by atoms with van der Waals surface area (Å²) in [7, 11) is 0. The molecule has 1 heterocycles. The van der Waals surface area contributed by atoms with Crippen molar-refractivity contribution in [2.24, 2.45) is 0 Å². The van der Waals surface area contributed by atoms with Gasteiger partial charge in [-0.2, -0.15) is 0 Å². The number of halogens is 1. The molecule has 5 heteroatoms. The van der Waals surface area contributed by atoms with E-state index in [2.05, 4.69) is 0 Å². The van der Waals surface area contributed by atoms with Crippen LogP contribution in [0.2, 0.25) is 0 Å². The monoisotopic (exact) mass is 283 g/mol. The Morgan fingerprint density at radius 2 is 2.15 bits per heavy atom. The zero-order valence-electron chi connectivity index (χ0n) is 12.0. The van der Waals surface area contributed by atoms with Gasteiger partial charge in [-0.25, -0.2) is 4.39 Å². The van der Waals surface area contributed by atoms with Crippen LogP contribution in [0.25, 0.3) is 0 Å². The lowest BCUT2D eigenvalue weighted by atomic mass is 10.1. The van der Waals surface area contributed by atoms with Gasteiger partial charge in [-0.3, -0.25) is 0 Å². The van der Waals surface area contributed by atoms with Crippen molar-refractivity contribution in [3.8, 4) is 11.5 Å². The Hall–Kier alpha value is -1.49. The average molecular weight is 283 g/mol. The highest BCUT2D eigenvalue weighted by molar-refractivity contribution is 5.56. The molecule has 112 valence electrons. The van der Waals surface area contributed by atoms with E-state index in [0.717, 1.165) is 25.9 Å². The van der Waals surface area contributed by atoms with Gasteiger partial charge in [0.05, 0.1) is 17.9 Å². The molecule has 1 aliphatic heterocycles. The van der Waals surface area contributed by atoms with Crippen molar-refractivity contribution >= 4 is 5.69 Å². The highest BCUT2D eigenvalue weighted by Gasteiger charge is 2.16. The van der Waals surface area contributed by atoms with Crippen molar-refractivity contribution in [2.45, 2.75) is 45.3 Å². The van der Waals surface area contributed by atoms with Crippen LogP contribution in [-0.4, -0.2) is 25.4 Å². The maximum Gasteiger partial charge on any atom is 0.167 e. The molecule has 0 saturated carbocycles. The number of anilines is 1. The van der Waals surface area contributed by atoms with Crippen LogP contribution < -0.4 is 15.2 Å². The lowest BCUT2D eigenvalue weighted by molar-refractivity contribution is -0.0109. The molecule has 0 amide bonds. The smallest absolute Gasteiger partial charge is 0.167 e. The van der Waals surface area contributed by atoms with Crippen molar-refractivity contribution in [2.75, 3.05) is 18.9 Å². The van der Waals surface area contributed by atoms with Crippen LogP contribution in [-0.2, 0) is 4.74 Å². The molecule has 4 nitrogen and oxygen atoms in total. The number of rotatable bonds is 5. The van der Waals surface area contributed by atoms with E-state index < -0.39 is 5.82 Å². The molecule has 0 aliphatic carbocycles. The van der Waals surface area contributed by atoms with Crippen LogP contribution in [0.5, 0.6) is 11.5 Å². The summed E-state index contributed by atoms with van der Waals surface area (Å²) in [6.45, 7) is 4.88. The first kappa shape index (κ1) is 14.9. The summed E-state index contributed by atoms with van der Waals surface area (Å²) in [5.41, 5.74) is 6.05. The fraction of sp³-hybridized carbons (Fsp3) is 0.600. The lowest BCUT2D eigenvalue weighted by Crippen LogP contribution is -2.26. The molecule has 0 spiro atoms. The van der Waals surface area contributed by atoms with Gasteiger partial charge in [-0.05, 0) is 33.1 Å². The summed E-state index contributed by atoms with van der Waals surface area (Å²) < 4.78 is 30.3. The van der Waals surface area contributed by atoms with Gasteiger partial charge >= 0.3 is 0 Å². The zero-order valence-corrected chi connectivity index (χ0v) is 12.0. The second-order valence-corrected chi connectivity index (χ2v) is 5.29. The van der Waals surface area contributed by atoms with E-state index in [0.29, 0.717) is 12.4 Å². The van der Waals surface area contributed by atoms with Crippen molar-refractivity contribution in [1.29, 1.82) is 0 Å². The molecule has 1 fully saturated rings. The molecule has 1 unspecified atom stereocenters. The zero-order chi connectivity index (χ0) is 14.5. The quantitative estimate of drug-likeness (QED) is 0.843. The molecule has 1 atom stereocenters. The van der Waals surface area contributed by atoms with Gasteiger partial charge in [0.1, 0.15) is 12.4 Å². The highest BCUT2D eigenvalue weighted by atomic mass is 19.1. The third kappa shape index (κ3) is 4.00. The van der Waals surface area contributed by atoms with Gasteiger partial charge < -0.3 is 19.9 Å². The Bertz CT molecular complexity index is 445. The largest absolute Gasteiger partial charge is 0.489 e. The summed E-state index contributed by atoms with van der Waals surface area (Å²) in [4.78, 5) is 0. The number of nitrogen functional groups attached to an aromatic ring is 1. The first-order valence-corrected chi connectivity index (χ1v) is 7.06. The molecule has 0 bridgehead atoms. The van der Waals surface area contributed by atoms with Crippen molar-refractivity contribution in [3.05, 3.63) is 17.9 Å². The maximum absolute atomic E-state index is 13.7. The fourth-order valence-corrected chi connectivity index (χ4v) is 2.14. The van der Waals surface area contributed by atoms with E-state index in [1.807, 2.05) is 13.8 Å². The Morgan fingerprint density at radius 1 is 1.35 bits per heavy atom. The second-order valence-electron chi connectivity index (χ2n) is 5.29. The van der Waals surface area contributed by atoms with E-state index in [9.17, 15) is 4.39 Å². The molecule has 0 aromatic heterocycles. The average Bonchev–Trinajstić information content (AvgIpc) is 2.41. The molecule has 1 aliphatic rings. The number of benzene rings is 1. The molecule has 20 heavy (non-hydrogen) atoms. The standard InChI is InChI=1S/C15H22FNO3/c1-10(2)20-14-8-15(13(17)7-12(14)16)19-9-11-5-3-4-6-18-11/h7-8,10-11H,3-6,9,17H2,1-2H3. The predicted octanol–water partition coefficient (Wildman–Crippen LogP) is 3.14. The number of ether oxygens (including phenoxy) is 3. The molecule has 2 rings (SSSR count). The SMILES string of the molecule is CC(C)Oc1cc(OCC2CCCCO2)c(N)cc1F. The summed E-state index contributed by atoms with van der Waals surface area (Å²) in [6.07, 6.45) is 3.21. The van der Waals surface area contributed by atoms with Crippen molar-refractivity contribution in [3.63, 3.8) is 0 Å². The minimum absolute atomic E-state index is 0.0858. The fourth-order valence-electron chi connectivity index (χ4n) is 2.14. The molecule has 1 saturated heterocycles. The molecule has 1 aromatic carbocycles. The molecule has 0 radical (unpaired) electrons. The Labute approximate surface area is 119 Å². The minimum Gasteiger partial charge on any atom is -0.489 e. The normalized spacial score (nSPS) is 19.1. The van der Waals surface area contributed by atoms with Crippen molar-refractivity contribution < 1.29 is 18.6 Å². The van der Waals surface area contributed by atoms with Gasteiger partial charge in [0.25, 0.3) is 0 Å². The van der Waals surface area contributed by atoms with Gasteiger partial charge in [0.2, 0.25) is 0 Å². The molecular formula is C15H22FNO3. The number of hydrogen-bond donors (Lipinski definition) is 1. The topological polar surface area (TPSA) is 53.7 Å². The van der Waals surface area contributed by atoms with Gasteiger partial charge in [0.15, 0.2) is 11.6 Å². The van der Waals surface area contributed by atoms with Crippen LogP contribution in [0.4, 0.5) is 10.1 Å². The van der Waals surface area contributed by atoms with Gasteiger partial charge in [0, 0.05) is 18.7 Å². The maximum atomic E-state index is 13.7. The van der Waals surface area contributed by atoms with Crippen LogP contribution in [0.1, 0.15) is 33.1 Å². The van der Waals surface area contributed by atoms with E-state index in [1.54, 1.807) is 0 Å². The van der Waals surface area contributed by atoms with Gasteiger partial charge in [-0.1, -0.05) is 0 Å². The Kier molecular flexibility index (Phi) is 5.06. The van der Waals surface area contributed by atoms with E-state index in [1.165, 1.54) is 12.1 Å². The first-order valence-electron chi connectivity index (χ1n) is 7.06. The second kappa shape index (κ2) is 6.79. The van der Waals surface area contributed by atoms with Crippen LogP contribution in [0.15, 0.2) is 12.1 Å². The summed E-state index contributed by atoms with van der Waals surface area (Å²) >= 11 is 0. The van der Waals surface area contributed by atoms with E-state index in [4.69, 9.17) is 19.9 Å². The highest BCUT2D eigenvalue weighted by Crippen LogP contribution is 2.31. The van der Waals surface area contributed by atoms with Crippen LogP contribution in [0.3, 0.4) is 0 Å². The van der Waals surface area contributed by atoms with Crippen LogP contribution in [0, 0.1) is 5.82 Å². The lowest BCUT2D eigenvalue weighted by Gasteiger charge is -2.23. The van der Waals surface area contributed by atoms with Crippen molar-refractivity contribution in [1.82, 2.24) is 0 Å². The van der Waals surface area contributed by atoms with E-state index >= 15 is 0 Å². The molecule has 2 N–H and O–H groups in total. The third-order valence-electron chi connectivity index (χ3n) is 3.13. The molecule has 1 aromatic rings. The first-order chi connectivity index (χ1) is 9.56. The summed E-state index contributed by atoms with van der Waals surface area (Å²) in [5.74, 6) is 0.127. The summed E-state index contributed by atoms with van der Waals surface area (Å²) in [5, 5.41) is 0. The number of nitrogens with two attached hydrogens (primary N) is 1. The minimum atomic E-state index is -0.475. The van der Waals surface area contributed by atoms with Gasteiger partial charge in [-0.15, -0.1) is 0 Å². The van der Waals surface area contributed by atoms with E-state index in [-0.39, 0.29) is 23.6 Å². The third-order valence-corrected chi connectivity index (χ3v) is 3.13. The predicted molar refractivity (Wildman–Crippen MR) is 75.7 cm³/mol. The number of hydrogen-bond acceptors (Lipinski definition) is 4. The van der Waals surface area contributed by atoms with Crippen LogP contribution >= 0.6 is 0 Å².